The zero-order chi connectivity index (χ0) is 16.1. The molecule has 1 heterocycles. The molecule has 2 aromatic carbocycles. The summed E-state index contributed by atoms with van der Waals surface area (Å²) in [5.41, 5.74) is 0.775. The molecule has 0 unspecified atom stereocenters. The molecule has 0 aliphatic rings. The number of halogens is 2. The largest absolute Gasteiger partial charge is 0.349 e. The Bertz CT molecular complexity index is 775. The molecule has 0 fully saturated rings. The summed E-state index contributed by atoms with van der Waals surface area (Å²) in [6, 6.07) is 13.3. The first-order valence-electron chi connectivity index (χ1n) is 6.91. The lowest BCUT2D eigenvalue weighted by Crippen LogP contribution is -2.07. The van der Waals surface area contributed by atoms with E-state index >= 15 is 0 Å². The zero-order valence-corrected chi connectivity index (χ0v) is 12.0. The molecule has 0 aliphatic carbocycles. The van der Waals surface area contributed by atoms with Crippen LogP contribution >= 0.6 is 0 Å². The van der Waals surface area contributed by atoms with Gasteiger partial charge in [0.15, 0.2) is 5.82 Å². The van der Waals surface area contributed by atoms with Gasteiger partial charge in [-0.1, -0.05) is 36.4 Å². The molecule has 2 N–H and O–H groups in total. The number of hydrogen-bond acceptors (Lipinski definition) is 5. The minimum absolute atomic E-state index is 0.194. The monoisotopic (exact) mass is 313 g/mol. The Morgan fingerprint density at radius 2 is 1.65 bits per heavy atom. The summed E-state index contributed by atoms with van der Waals surface area (Å²) in [4.78, 5) is 4.14. The second-order valence-electron chi connectivity index (χ2n) is 4.73. The summed E-state index contributed by atoms with van der Waals surface area (Å²) in [5, 5.41) is 13.2. The fraction of sp³-hybridized carbons (Fsp3) is 0.0625. The van der Waals surface area contributed by atoms with Gasteiger partial charge in [-0.2, -0.15) is 10.1 Å². The van der Waals surface area contributed by atoms with Gasteiger partial charge >= 0.3 is 0 Å². The average molecular weight is 313 g/mol. The molecular weight excluding hydrogens is 300 g/mol. The summed E-state index contributed by atoms with van der Waals surface area (Å²) < 4.78 is 27.2. The number of nitrogens with one attached hydrogen (secondary N) is 2. The van der Waals surface area contributed by atoms with Crippen molar-refractivity contribution in [1.29, 1.82) is 0 Å². The van der Waals surface area contributed by atoms with Gasteiger partial charge in [-0.15, -0.1) is 5.10 Å². The molecule has 0 bridgehead atoms. The normalized spacial score (nSPS) is 10.3. The van der Waals surface area contributed by atoms with Crippen LogP contribution in [0.1, 0.15) is 5.56 Å². The van der Waals surface area contributed by atoms with Gasteiger partial charge in [0.05, 0.1) is 6.20 Å². The Morgan fingerprint density at radius 1 is 0.913 bits per heavy atom. The molecule has 3 aromatic rings. The summed E-state index contributed by atoms with van der Waals surface area (Å²) in [6.07, 6.45) is 1.29. The first-order chi connectivity index (χ1) is 11.2. The minimum atomic E-state index is -0.706. The van der Waals surface area contributed by atoms with Gasteiger partial charge in [-0.3, -0.25) is 0 Å². The maximum atomic E-state index is 13.6. The number of aromatic nitrogens is 3. The van der Waals surface area contributed by atoms with Crippen LogP contribution in [-0.2, 0) is 6.54 Å². The lowest BCUT2D eigenvalue weighted by Gasteiger charge is -2.09. The van der Waals surface area contributed by atoms with E-state index in [9.17, 15) is 8.78 Å². The summed E-state index contributed by atoms with van der Waals surface area (Å²) >= 11 is 0. The SMILES string of the molecule is Fc1cccc(F)c1Nc1cnnc(NCc2ccccc2)n1. The standard InChI is InChI=1S/C16H13F2N5/c17-12-7-4-8-13(18)15(12)21-14-10-20-23-16(22-14)19-9-11-5-2-1-3-6-11/h1-8,10H,9H2,(H2,19,21,22,23). The maximum Gasteiger partial charge on any atom is 0.244 e. The van der Waals surface area contributed by atoms with Gasteiger partial charge in [-0.05, 0) is 17.7 Å². The fourth-order valence-electron chi connectivity index (χ4n) is 1.96. The highest BCUT2D eigenvalue weighted by molar-refractivity contribution is 5.57. The van der Waals surface area contributed by atoms with E-state index in [1.165, 1.54) is 12.3 Å². The smallest absolute Gasteiger partial charge is 0.244 e. The van der Waals surface area contributed by atoms with Crippen molar-refractivity contribution >= 4 is 17.5 Å². The molecule has 0 aliphatic heterocycles. The van der Waals surface area contributed by atoms with E-state index in [0.717, 1.165) is 17.7 Å². The molecule has 1 aromatic heterocycles. The van der Waals surface area contributed by atoms with Gasteiger partial charge in [0.1, 0.15) is 17.3 Å². The molecule has 0 amide bonds. The van der Waals surface area contributed by atoms with E-state index in [1.54, 1.807) is 0 Å². The number of nitrogens with zero attached hydrogens (tertiary/aromatic N) is 3. The number of anilines is 3. The Morgan fingerprint density at radius 3 is 2.39 bits per heavy atom. The van der Waals surface area contributed by atoms with Crippen molar-refractivity contribution in [3.05, 3.63) is 71.9 Å². The van der Waals surface area contributed by atoms with Crippen molar-refractivity contribution in [2.75, 3.05) is 10.6 Å². The lowest BCUT2D eigenvalue weighted by molar-refractivity contribution is 0.590. The van der Waals surface area contributed by atoms with E-state index < -0.39 is 11.6 Å². The Hall–Kier alpha value is -3.09. The van der Waals surface area contributed by atoms with Crippen LogP contribution < -0.4 is 10.6 Å². The lowest BCUT2D eigenvalue weighted by atomic mass is 10.2. The van der Waals surface area contributed by atoms with Crippen LogP contribution in [0.4, 0.5) is 26.2 Å². The second kappa shape index (κ2) is 6.78. The molecule has 116 valence electrons. The molecule has 0 radical (unpaired) electrons. The Labute approximate surface area is 131 Å². The fourth-order valence-corrected chi connectivity index (χ4v) is 1.96. The first-order valence-corrected chi connectivity index (χ1v) is 6.91. The molecule has 5 nitrogen and oxygen atoms in total. The van der Waals surface area contributed by atoms with Gasteiger partial charge in [-0.25, -0.2) is 8.78 Å². The van der Waals surface area contributed by atoms with Crippen molar-refractivity contribution in [2.45, 2.75) is 6.54 Å². The van der Waals surface area contributed by atoms with Gasteiger partial charge in [0, 0.05) is 6.54 Å². The Kier molecular flexibility index (Phi) is 4.37. The van der Waals surface area contributed by atoms with Gasteiger partial charge < -0.3 is 10.6 Å². The summed E-state index contributed by atoms with van der Waals surface area (Å²) in [5.74, 6) is -0.958. The molecule has 0 spiro atoms. The highest BCUT2D eigenvalue weighted by Gasteiger charge is 2.10. The number of rotatable bonds is 5. The quantitative estimate of drug-likeness (QED) is 0.755. The van der Waals surface area contributed by atoms with Crippen molar-refractivity contribution in [3.8, 4) is 0 Å². The van der Waals surface area contributed by atoms with Crippen LogP contribution in [0.5, 0.6) is 0 Å². The molecule has 7 heteroatoms. The molecule has 0 saturated heterocycles. The van der Waals surface area contributed by atoms with E-state index in [1.807, 2.05) is 30.3 Å². The van der Waals surface area contributed by atoms with E-state index in [-0.39, 0.29) is 17.5 Å². The summed E-state index contributed by atoms with van der Waals surface area (Å²) in [6.45, 7) is 0.514. The van der Waals surface area contributed by atoms with Crippen molar-refractivity contribution < 1.29 is 8.78 Å². The predicted molar refractivity (Wildman–Crippen MR) is 83.2 cm³/mol. The predicted octanol–water partition coefficient (Wildman–Crippen LogP) is 3.51. The molecule has 0 saturated carbocycles. The summed E-state index contributed by atoms with van der Waals surface area (Å²) in [7, 11) is 0. The van der Waals surface area contributed by atoms with Crippen LogP contribution in [0.15, 0.2) is 54.7 Å². The number of hydrogen-bond donors (Lipinski definition) is 2. The van der Waals surface area contributed by atoms with Crippen LogP contribution in [0.3, 0.4) is 0 Å². The third-order valence-electron chi connectivity index (χ3n) is 3.07. The van der Waals surface area contributed by atoms with Crippen molar-refractivity contribution in [2.24, 2.45) is 0 Å². The average Bonchev–Trinajstić information content (AvgIpc) is 2.58. The molecule has 3 rings (SSSR count). The van der Waals surface area contributed by atoms with E-state index in [2.05, 4.69) is 25.8 Å². The number of para-hydroxylation sites is 1. The van der Waals surface area contributed by atoms with Crippen LogP contribution in [0.2, 0.25) is 0 Å². The van der Waals surface area contributed by atoms with Crippen LogP contribution in [0.25, 0.3) is 0 Å². The maximum absolute atomic E-state index is 13.6. The Balaban J connectivity index is 1.72. The first kappa shape index (κ1) is 14.8. The van der Waals surface area contributed by atoms with Crippen molar-refractivity contribution in [1.82, 2.24) is 15.2 Å². The molecule has 23 heavy (non-hydrogen) atoms. The van der Waals surface area contributed by atoms with E-state index in [4.69, 9.17) is 0 Å². The topological polar surface area (TPSA) is 62.7 Å². The molecule has 0 atom stereocenters. The van der Waals surface area contributed by atoms with Crippen LogP contribution in [0, 0.1) is 11.6 Å². The van der Waals surface area contributed by atoms with Crippen molar-refractivity contribution in [3.63, 3.8) is 0 Å². The van der Waals surface area contributed by atoms with Gasteiger partial charge in [0.2, 0.25) is 5.95 Å². The minimum Gasteiger partial charge on any atom is -0.349 e. The van der Waals surface area contributed by atoms with E-state index in [0.29, 0.717) is 6.54 Å². The second-order valence-corrected chi connectivity index (χ2v) is 4.73. The van der Waals surface area contributed by atoms with Gasteiger partial charge in [0.25, 0.3) is 0 Å². The zero-order valence-electron chi connectivity index (χ0n) is 12.0. The van der Waals surface area contributed by atoms with Crippen LogP contribution in [-0.4, -0.2) is 15.2 Å². The number of benzene rings is 2. The highest BCUT2D eigenvalue weighted by Crippen LogP contribution is 2.21. The highest BCUT2D eigenvalue weighted by atomic mass is 19.1. The third-order valence-corrected chi connectivity index (χ3v) is 3.07. The third kappa shape index (κ3) is 3.76. The molecular formula is C16H13F2N5.